The highest BCUT2D eigenvalue weighted by molar-refractivity contribution is 5.92. The second-order valence-corrected chi connectivity index (χ2v) is 7.58. The van der Waals surface area contributed by atoms with E-state index in [1.54, 1.807) is 17.0 Å². The number of hydrogen-bond acceptors (Lipinski definition) is 4. The molecule has 1 heterocycles. The van der Waals surface area contributed by atoms with Crippen molar-refractivity contribution in [3.8, 4) is 0 Å². The second-order valence-electron chi connectivity index (χ2n) is 7.58. The van der Waals surface area contributed by atoms with Crippen LogP contribution in [0.3, 0.4) is 0 Å². The van der Waals surface area contributed by atoms with Crippen molar-refractivity contribution in [1.29, 1.82) is 0 Å². The van der Waals surface area contributed by atoms with Gasteiger partial charge in [-0.15, -0.1) is 6.58 Å². The van der Waals surface area contributed by atoms with Crippen LogP contribution in [0, 0.1) is 11.8 Å². The topological polar surface area (TPSA) is 75.4 Å². The van der Waals surface area contributed by atoms with Crippen molar-refractivity contribution in [3.63, 3.8) is 0 Å². The molecule has 0 unspecified atom stereocenters. The number of amides is 2. The maximum absolute atomic E-state index is 12.6. The first-order valence-electron chi connectivity index (χ1n) is 9.78. The van der Waals surface area contributed by atoms with Crippen LogP contribution >= 0.6 is 0 Å². The molecule has 142 valence electrons. The number of carbonyl (C=O) groups excluding carboxylic acids is 2. The fourth-order valence-electron chi connectivity index (χ4n) is 3.53. The first kappa shape index (κ1) is 18.7. The number of carbonyl (C=O) groups is 2. The highest BCUT2D eigenvalue weighted by Gasteiger charge is 2.23. The number of nitrogens with zero attached hydrogens (tertiary/aromatic N) is 2. The van der Waals surface area contributed by atoms with E-state index >= 15 is 0 Å². The van der Waals surface area contributed by atoms with Crippen molar-refractivity contribution < 1.29 is 14.1 Å². The Balaban J connectivity index is 1.50. The molecule has 6 heteroatoms. The minimum absolute atomic E-state index is 0.105. The molecule has 2 amide bonds. The first-order valence-corrected chi connectivity index (χ1v) is 9.78. The molecule has 1 N–H and O–H groups in total. The molecule has 0 saturated heterocycles. The van der Waals surface area contributed by atoms with Gasteiger partial charge < -0.3 is 14.7 Å². The van der Waals surface area contributed by atoms with E-state index in [4.69, 9.17) is 4.52 Å². The van der Waals surface area contributed by atoms with Gasteiger partial charge in [0.15, 0.2) is 11.5 Å². The molecule has 3 rings (SSSR count). The Labute approximate surface area is 155 Å². The zero-order valence-electron chi connectivity index (χ0n) is 15.4. The summed E-state index contributed by atoms with van der Waals surface area (Å²) in [6, 6.07) is 1.63. The minimum atomic E-state index is -0.213. The van der Waals surface area contributed by atoms with Crippen molar-refractivity contribution in [1.82, 2.24) is 15.4 Å². The molecule has 1 aromatic rings. The van der Waals surface area contributed by atoms with Crippen LogP contribution in [0.5, 0.6) is 0 Å². The quantitative estimate of drug-likeness (QED) is 0.650. The molecule has 2 saturated carbocycles. The molecule has 0 radical (unpaired) electrons. The predicted octanol–water partition coefficient (Wildman–Crippen LogP) is 3.30. The van der Waals surface area contributed by atoms with Crippen molar-refractivity contribution in [2.45, 2.75) is 57.9 Å². The van der Waals surface area contributed by atoms with E-state index in [0.29, 0.717) is 43.7 Å². The van der Waals surface area contributed by atoms with E-state index in [9.17, 15) is 9.59 Å². The van der Waals surface area contributed by atoms with E-state index in [-0.39, 0.29) is 17.5 Å². The van der Waals surface area contributed by atoms with Gasteiger partial charge in [-0.25, -0.2) is 0 Å². The summed E-state index contributed by atoms with van der Waals surface area (Å²) < 4.78 is 5.27. The van der Waals surface area contributed by atoms with Crippen LogP contribution in [-0.4, -0.2) is 35.0 Å². The summed E-state index contributed by atoms with van der Waals surface area (Å²) in [6.07, 6.45) is 10.7. The van der Waals surface area contributed by atoms with Crippen LogP contribution in [0.4, 0.5) is 0 Å². The van der Waals surface area contributed by atoms with Gasteiger partial charge in [-0.2, -0.15) is 0 Å². The Hall–Kier alpha value is -2.11. The van der Waals surface area contributed by atoms with Crippen molar-refractivity contribution in [3.05, 3.63) is 30.2 Å². The van der Waals surface area contributed by atoms with Crippen molar-refractivity contribution in [2.75, 3.05) is 13.1 Å². The third-order valence-electron chi connectivity index (χ3n) is 5.33. The lowest BCUT2D eigenvalue weighted by Crippen LogP contribution is -2.30. The Morgan fingerprint density at radius 2 is 2.04 bits per heavy atom. The van der Waals surface area contributed by atoms with Crippen LogP contribution in [-0.2, 0) is 11.3 Å². The lowest BCUT2D eigenvalue weighted by Gasteiger charge is -2.20. The van der Waals surface area contributed by atoms with Crippen LogP contribution < -0.4 is 5.32 Å². The van der Waals surface area contributed by atoms with E-state index < -0.39 is 0 Å². The molecule has 0 bridgehead atoms. The van der Waals surface area contributed by atoms with Crippen LogP contribution in [0.15, 0.2) is 23.2 Å². The van der Waals surface area contributed by atoms with E-state index in [0.717, 1.165) is 6.42 Å². The molecule has 0 aromatic carbocycles. The average molecular weight is 359 g/mol. The molecular weight excluding hydrogens is 330 g/mol. The van der Waals surface area contributed by atoms with Gasteiger partial charge in [-0.3, -0.25) is 9.59 Å². The summed E-state index contributed by atoms with van der Waals surface area (Å²) in [6.45, 7) is 5.22. The number of nitrogens with one attached hydrogen (secondary N) is 1. The zero-order chi connectivity index (χ0) is 18.4. The molecule has 6 nitrogen and oxygen atoms in total. The summed E-state index contributed by atoms with van der Waals surface area (Å²) in [5.41, 5.74) is 0.276. The Bertz CT molecular complexity index is 630. The molecule has 1 aromatic heterocycles. The minimum Gasteiger partial charge on any atom is -0.359 e. The summed E-state index contributed by atoms with van der Waals surface area (Å²) in [5.74, 6) is 1.72. The standard InChI is InChI=1S/C20H29N3O3/c1-2-11-23(19(24)10-9-15-5-3-4-6-15)14-17-12-18(22-26-17)20(25)21-13-16-7-8-16/h2,12,15-16H,1,3-11,13-14H2,(H,21,25). The second kappa shape index (κ2) is 9.01. The van der Waals surface area contributed by atoms with Gasteiger partial charge in [0.2, 0.25) is 5.91 Å². The summed E-state index contributed by atoms with van der Waals surface area (Å²) in [7, 11) is 0. The fourth-order valence-corrected chi connectivity index (χ4v) is 3.53. The third-order valence-corrected chi connectivity index (χ3v) is 5.33. The van der Waals surface area contributed by atoms with Gasteiger partial charge in [0.1, 0.15) is 0 Å². The molecule has 0 spiro atoms. The lowest BCUT2D eigenvalue weighted by molar-refractivity contribution is -0.131. The molecular formula is C20H29N3O3. The summed E-state index contributed by atoms with van der Waals surface area (Å²) in [4.78, 5) is 26.3. The molecule has 0 atom stereocenters. The van der Waals surface area contributed by atoms with Crippen LogP contribution in [0.1, 0.15) is 67.6 Å². The first-order chi connectivity index (χ1) is 12.7. The molecule has 2 fully saturated rings. The van der Waals surface area contributed by atoms with E-state index in [1.807, 2.05) is 0 Å². The maximum Gasteiger partial charge on any atom is 0.273 e. The Kier molecular flexibility index (Phi) is 6.47. The summed E-state index contributed by atoms with van der Waals surface area (Å²) in [5, 5.41) is 6.71. The fraction of sp³-hybridized carbons (Fsp3) is 0.650. The van der Waals surface area contributed by atoms with Gasteiger partial charge in [-0.05, 0) is 31.1 Å². The van der Waals surface area contributed by atoms with Gasteiger partial charge in [-0.1, -0.05) is 36.9 Å². The smallest absolute Gasteiger partial charge is 0.273 e. The van der Waals surface area contributed by atoms with Crippen LogP contribution in [0.2, 0.25) is 0 Å². The Morgan fingerprint density at radius 1 is 1.27 bits per heavy atom. The molecule has 2 aliphatic carbocycles. The van der Waals surface area contributed by atoms with Gasteiger partial charge in [0.25, 0.3) is 5.91 Å². The van der Waals surface area contributed by atoms with Crippen molar-refractivity contribution in [2.24, 2.45) is 11.8 Å². The number of hydrogen-bond donors (Lipinski definition) is 1. The van der Waals surface area contributed by atoms with Gasteiger partial charge in [0.05, 0.1) is 6.54 Å². The molecule has 2 aliphatic rings. The van der Waals surface area contributed by atoms with E-state index in [1.165, 1.54) is 38.5 Å². The zero-order valence-corrected chi connectivity index (χ0v) is 15.4. The normalized spacial score (nSPS) is 17.2. The highest BCUT2D eigenvalue weighted by Crippen LogP contribution is 2.29. The largest absolute Gasteiger partial charge is 0.359 e. The average Bonchev–Trinajstić information content (AvgIpc) is 3.11. The Morgan fingerprint density at radius 3 is 2.73 bits per heavy atom. The molecule has 26 heavy (non-hydrogen) atoms. The van der Waals surface area contributed by atoms with Crippen LogP contribution in [0.25, 0.3) is 0 Å². The SMILES string of the molecule is C=CCN(Cc1cc(C(=O)NCC2CC2)no1)C(=O)CCC1CCCC1. The van der Waals surface area contributed by atoms with Gasteiger partial charge in [0, 0.05) is 25.6 Å². The number of aromatic nitrogens is 1. The van der Waals surface area contributed by atoms with E-state index in [2.05, 4.69) is 17.1 Å². The monoisotopic (exact) mass is 359 g/mol. The molecule has 0 aliphatic heterocycles. The predicted molar refractivity (Wildman–Crippen MR) is 98.4 cm³/mol. The van der Waals surface area contributed by atoms with Crippen molar-refractivity contribution >= 4 is 11.8 Å². The number of rotatable bonds is 10. The highest BCUT2D eigenvalue weighted by atomic mass is 16.5. The third kappa shape index (κ3) is 5.44. The summed E-state index contributed by atoms with van der Waals surface area (Å²) >= 11 is 0. The lowest BCUT2D eigenvalue weighted by atomic mass is 10.0. The van der Waals surface area contributed by atoms with Gasteiger partial charge >= 0.3 is 0 Å². The maximum atomic E-state index is 12.6.